The van der Waals surface area contributed by atoms with Gasteiger partial charge in [0, 0.05) is 28.7 Å². The Balaban J connectivity index is 1.41. The molecule has 0 amide bonds. The van der Waals surface area contributed by atoms with E-state index in [0.29, 0.717) is 12.8 Å². The lowest BCUT2D eigenvalue weighted by atomic mass is 9.37. The van der Waals surface area contributed by atoms with E-state index in [4.69, 9.17) is 23.4 Å². The summed E-state index contributed by atoms with van der Waals surface area (Å²) in [6, 6.07) is 1.81. The number of furan rings is 1. The molecule has 6 fully saturated rings. The second kappa shape index (κ2) is 5.95. The molecule has 7 rings (SSSR count). The van der Waals surface area contributed by atoms with Gasteiger partial charge in [-0.05, 0) is 45.6 Å². The number of rotatable bonds is 1. The molecule has 182 valence electrons. The fourth-order valence-electron chi connectivity index (χ4n) is 9.34. The summed E-state index contributed by atoms with van der Waals surface area (Å²) in [5.74, 6) is -0.780. The average Bonchev–Trinajstić information content (AvgIpc) is 3.26. The van der Waals surface area contributed by atoms with Crippen LogP contribution < -0.4 is 0 Å². The molecule has 0 aromatic carbocycles. The van der Waals surface area contributed by atoms with E-state index in [2.05, 4.69) is 6.92 Å². The van der Waals surface area contributed by atoms with Crippen LogP contribution >= 0.6 is 0 Å². The van der Waals surface area contributed by atoms with Crippen molar-refractivity contribution in [2.75, 3.05) is 6.61 Å². The third kappa shape index (κ3) is 2.02. The molecule has 5 heterocycles. The van der Waals surface area contributed by atoms with Crippen LogP contribution in [0.5, 0.6) is 0 Å². The van der Waals surface area contributed by atoms with E-state index in [1.165, 1.54) is 0 Å². The summed E-state index contributed by atoms with van der Waals surface area (Å²) < 4.78 is 29.8. The van der Waals surface area contributed by atoms with Crippen molar-refractivity contribution in [3.05, 3.63) is 24.2 Å². The smallest absolute Gasteiger partial charge is 0.339 e. The molecule has 2 spiro atoms. The molecule has 1 aromatic rings. The highest BCUT2D eigenvalue weighted by atomic mass is 16.7. The molecule has 9 atom stereocenters. The highest BCUT2D eigenvalue weighted by molar-refractivity contribution is 5.93. The fraction of sp³-hybridized carbons (Fsp3) is 0.731. The minimum absolute atomic E-state index is 0.0677. The zero-order valence-electron chi connectivity index (χ0n) is 19.9. The number of epoxide rings is 1. The summed E-state index contributed by atoms with van der Waals surface area (Å²) in [7, 11) is 0. The Hall–Kier alpha value is -2.19. The number of hydrogen-bond donors (Lipinski definition) is 0. The monoisotopic (exact) mass is 470 g/mol. The van der Waals surface area contributed by atoms with Gasteiger partial charge in [0.25, 0.3) is 0 Å². The van der Waals surface area contributed by atoms with Crippen LogP contribution in [0.1, 0.15) is 65.0 Å². The van der Waals surface area contributed by atoms with Crippen molar-refractivity contribution in [1.82, 2.24) is 0 Å². The van der Waals surface area contributed by atoms with Crippen molar-refractivity contribution < 1.29 is 37.7 Å². The summed E-state index contributed by atoms with van der Waals surface area (Å²) in [5, 5.41) is 0. The molecular weight excluding hydrogens is 440 g/mol. The molecule has 4 aliphatic heterocycles. The maximum absolute atomic E-state index is 14.2. The Bertz CT molecular complexity index is 1120. The minimum Gasteiger partial charge on any atom is -0.472 e. The van der Waals surface area contributed by atoms with Gasteiger partial charge in [-0.15, -0.1) is 0 Å². The number of cyclic esters (lactones) is 2. The number of esters is 2. The van der Waals surface area contributed by atoms with Gasteiger partial charge >= 0.3 is 11.9 Å². The Morgan fingerprint density at radius 1 is 0.971 bits per heavy atom. The molecule has 0 bridgehead atoms. The standard InChI is InChI=1S/C26H30O8/c1-22(2)15-9-16(27)24(4)14(25(15)12-31-18(28)10-17(25)33-22)5-7-23(3)19(13-6-8-30-11-13)32-21(29)20-26(23,24)34-20/h6,8,11,14-15,17,19-20H,5,7,9-10,12H2,1-4H3/t14?,15?,17-,19?,20+,23?,24-,25+,26+/m0/s1. The Morgan fingerprint density at radius 2 is 1.76 bits per heavy atom. The molecular formula is C26H30O8. The van der Waals surface area contributed by atoms with E-state index in [-0.39, 0.29) is 42.7 Å². The van der Waals surface area contributed by atoms with Gasteiger partial charge in [-0.2, -0.15) is 0 Å². The van der Waals surface area contributed by atoms with E-state index in [1.807, 2.05) is 26.8 Å². The molecule has 0 N–H and O–H groups in total. The van der Waals surface area contributed by atoms with Crippen LogP contribution in [0.15, 0.2) is 23.0 Å². The summed E-state index contributed by atoms with van der Waals surface area (Å²) in [6.45, 7) is 8.36. The third-order valence-corrected chi connectivity index (χ3v) is 10.7. The number of hydrogen-bond acceptors (Lipinski definition) is 8. The first-order chi connectivity index (χ1) is 16.0. The van der Waals surface area contributed by atoms with Gasteiger partial charge in [-0.25, -0.2) is 4.79 Å². The van der Waals surface area contributed by atoms with Crippen LogP contribution in [0.3, 0.4) is 0 Å². The largest absolute Gasteiger partial charge is 0.472 e. The molecule has 6 aliphatic rings. The van der Waals surface area contributed by atoms with Crippen molar-refractivity contribution in [3.63, 3.8) is 0 Å². The lowest BCUT2D eigenvalue weighted by Gasteiger charge is -2.65. The normalized spacial score (nSPS) is 52.4. The molecule has 2 aliphatic carbocycles. The number of carbonyl (C=O) groups excluding carboxylic acids is 3. The molecule has 8 heteroatoms. The zero-order valence-corrected chi connectivity index (χ0v) is 19.9. The first-order valence-electron chi connectivity index (χ1n) is 12.3. The summed E-state index contributed by atoms with van der Waals surface area (Å²) >= 11 is 0. The van der Waals surface area contributed by atoms with Gasteiger partial charge in [0.1, 0.15) is 24.1 Å². The second-order valence-corrected chi connectivity index (χ2v) is 12.2. The first kappa shape index (κ1) is 21.1. The van der Waals surface area contributed by atoms with Crippen LogP contribution in [0.4, 0.5) is 0 Å². The van der Waals surface area contributed by atoms with Crippen LogP contribution in [0.25, 0.3) is 0 Å². The lowest BCUT2D eigenvalue weighted by molar-refractivity contribution is -0.225. The summed E-state index contributed by atoms with van der Waals surface area (Å²) in [6.07, 6.45) is 3.46. The highest BCUT2D eigenvalue weighted by Crippen LogP contribution is 2.79. The maximum atomic E-state index is 14.2. The molecule has 34 heavy (non-hydrogen) atoms. The van der Waals surface area contributed by atoms with E-state index in [0.717, 1.165) is 12.0 Å². The van der Waals surface area contributed by atoms with Crippen molar-refractivity contribution in [2.45, 2.75) is 82.9 Å². The highest BCUT2D eigenvalue weighted by Gasteiger charge is 2.89. The quantitative estimate of drug-likeness (QED) is 0.455. The van der Waals surface area contributed by atoms with E-state index in [1.54, 1.807) is 12.5 Å². The van der Waals surface area contributed by atoms with Gasteiger partial charge in [0.15, 0.2) is 6.10 Å². The van der Waals surface area contributed by atoms with Crippen molar-refractivity contribution in [2.24, 2.45) is 28.1 Å². The van der Waals surface area contributed by atoms with Crippen LogP contribution in [0.2, 0.25) is 0 Å². The molecule has 1 aromatic heterocycles. The fourth-order valence-corrected chi connectivity index (χ4v) is 9.34. The predicted molar refractivity (Wildman–Crippen MR) is 114 cm³/mol. The number of Topliss-reactive ketones (excluding diaryl/α,β-unsaturated/α-hetero) is 1. The second-order valence-electron chi connectivity index (χ2n) is 12.2. The zero-order chi connectivity index (χ0) is 23.9. The number of fused-ring (bicyclic) bond motifs is 1. The number of ether oxygens (including phenoxy) is 4. The average molecular weight is 471 g/mol. The number of carbonyl (C=O) groups is 3. The minimum atomic E-state index is -0.976. The topological polar surface area (TPSA) is 105 Å². The van der Waals surface area contributed by atoms with Gasteiger partial charge in [-0.1, -0.05) is 6.92 Å². The SMILES string of the molecule is CC1(C)O[C@H]2CC(=O)OC[C@@]23C1CC(=O)[C@]1(C)C3CCC2(C)C(c3ccoc3)OC(=O)[C@H]3O[C@]321. The van der Waals surface area contributed by atoms with Crippen molar-refractivity contribution in [1.29, 1.82) is 0 Å². The van der Waals surface area contributed by atoms with Crippen molar-refractivity contribution in [3.8, 4) is 0 Å². The van der Waals surface area contributed by atoms with E-state index < -0.39 is 45.6 Å². The van der Waals surface area contributed by atoms with Gasteiger partial charge in [-0.3, -0.25) is 9.59 Å². The van der Waals surface area contributed by atoms with Crippen LogP contribution in [-0.2, 0) is 33.3 Å². The summed E-state index contributed by atoms with van der Waals surface area (Å²) in [5.41, 5.74) is -2.78. The van der Waals surface area contributed by atoms with Gasteiger partial charge < -0.3 is 23.4 Å². The molecule has 4 unspecified atom stereocenters. The molecule has 4 saturated heterocycles. The van der Waals surface area contributed by atoms with Gasteiger partial charge in [0.05, 0.1) is 36.1 Å². The number of ketones is 1. The lowest BCUT2D eigenvalue weighted by Crippen LogP contribution is -2.72. The van der Waals surface area contributed by atoms with Crippen LogP contribution in [-0.4, -0.2) is 47.7 Å². The third-order valence-electron chi connectivity index (χ3n) is 10.7. The Labute approximate surface area is 197 Å². The Kier molecular flexibility index (Phi) is 3.70. The van der Waals surface area contributed by atoms with Crippen molar-refractivity contribution >= 4 is 17.7 Å². The van der Waals surface area contributed by atoms with Gasteiger partial charge in [0.2, 0.25) is 0 Å². The van der Waals surface area contributed by atoms with E-state index in [9.17, 15) is 14.4 Å². The molecule has 2 saturated carbocycles. The molecule has 0 radical (unpaired) electrons. The predicted octanol–water partition coefficient (Wildman–Crippen LogP) is 3.14. The maximum Gasteiger partial charge on any atom is 0.339 e. The molecule has 8 nitrogen and oxygen atoms in total. The summed E-state index contributed by atoms with van der Waals surface area (Å²) in [4.78, 5) is 39.7. The van der Waals surface area contributed by atoms with E-state index >= 15 is 0 Å². The Morgan fingerprint density at radius 3 is 2.50 bits per heavy atom. The van der Waals surface area contributed by atoms with Crippen LogP contribution in [0, 0.1) is 28.1 Å². The first-order valence-corrected chi connectivity index (χ1v) is 12.3.